The lowest BCUT2D eigenvalue weighted by molar-refractivity contribution is -0.205. The van der Waals surface area contributed by atoms with Crippen molar-refractivity contribution < 1.29 is 29.1 Å². The molecule has 1 heterocycles. The maximum Gasteiger partial charge on any atom is 0.368 e. The SMILES string of the molecule is CON(C)C(=O)[C@](NC(=O)c1cc2cc(Cl)ccc2[nH]1)(OCCCc1ccccc1)C(=O)O. The molecule has 3 rings (SSSR count). The van der Waals surface area contributed by atoms with Crippen molar-refractivity contribution in [2.45, 2.75) is 18.6 Å². The lowest BCUT2D eigenvalue weighted by Gasteiger charge is -2.31. The number of rotatable bonds is 10. The van der Waals surface area contributed by atoms with Gasteiger partial charge in [-0.2, -0.15) is 0 Å². The number of aromatic amines is 1. The summed E-state index contributed by atoms with van der Waals surface area (Å²) in [5.74, 6) is -3.61. The number of hydroxylamine groups is 2. The van der Waals surface area contributed by atoms with Gasteiger partial charge in [-0.1, -0.05) is 41.9 Å². The Kier molecular flexibility index (Phi) is 7.70. The number of H-pyrrole nitrogens is 1. The lowest BCUT2D eigenvalue weighted by atomic mass is 10.1. The fraction of sp³-hybridized carbons (Fsp3) is 0.261. The van der Waals surface area contributed by atoms with Gasteiger partial charge in [0.05, 0.1) is 13.7 Å². The van der Waals surface area contributed by atoms with E-state index >= 15 is 0 Å². The van der Waals surface area contributed by atoms with E-state index in [1.807, 2.05) is 30.3 Å². The zero-order chi connectivity index (χ0) is 24.0. The number of nitrogens with zero attached hydrogens (tertiary/aromatic N) is 1. The first kappa shape index (κ1) is 24.2. The predicted octanol–water partition coefficient (Wildman–Crippen LogP) is 3.00. The monoisotopic (exact) mass is 473 g/mol. The Morgan fingerprint density at radius 2 is 1.88 bits per heavy atom. The van der Waals surface area contributed by atoms with E-state index in [1.165, 1.54) is 20.2 Å². The van der Waals surface area contributed by atoms with Crippen molar-refractivity contribution >= 4 is 40.3 Å². The molecule has 1 atom stereocenters. The van der Waals surface area contributed by atoms with Gasteiger partial charge in [0.2, 0.25) is 0 Å². The molecule has 0 aliphatic carbocycles. The van der Waals surface area contributed by atoms with E-state index in [1.54, 1.807) is 18.2 Å². The van der Waals surface area contributed by atoms with Crippen molar-refractivity contribution in [2.24, 2.45) is 0 Å². The normalized spacial score (nSPS) is 12.8. The first-order chi connectivity index (χ1) is 15.8. The van der Waals surface area contributed by atoms with Gasteiger partial charge < -0.3 is 20.1 Å². The molecule has 0 aliphatic heterocycles. The summed E-state index contributed by atoms with van der Waals surface area (Å²) in [5.41, 5.74) is -0.996. The molecule has 0 radical (unpaired) electrons. The number of halogens is 1. The molecular formula is C23H24ClN3O6. The highest BCUT2D eigenvalue weighted by molar-refractivity contribution is 6.31. The van der Waals surface area contributed by atoms with Crippen molar-refractivity contribution in [3.8, 4) is 0 Å². The molecule has 1 aromatic heterocycles. The van der Waals surface area contributed by atoms with Crippen LogP contribution in [0.5, 0.6) is 0 Å². The van der Waals surface area contributed by atoms with Crippen molar-refractivity contribution in [3.63, 3.8) is 0 Å². The number of nitrogens with one attached hydrogen (secondary N) is 2. The summed E-state index contributed by atoms with van der Waals surface area (Å²) in [6.45, 7) is -0.104. The number of amides is 2. The molecule has 0 spiro atoms. The third-order valence-electron chi connectivity index (χ3n) is 5.05. The van der Waals surface area contributed by atoms with Gasteiger partial charge in [0.1, 0.15) is 5.69 Å². The van der Waals surface area contributed by atoms with Crippen LogP contribution in [-0.4, -0.2) is 59.4 Å². The van der Waals surface area contributed by atoms with Crippen LogP contribution in [0.3, 0.4) is 0 Å². The van der Waals surface area contributed by atoms with Gasteiger partial charge in [0, 0.05) is 23.0 Å². The molecular weight excluding hydrogens is 450 g/mol. The van der Waals surface area contributed by atoms with Gasteiger partial charge in [-0.15, -0.1) is 0 Å². The van der Waals surface area contributed by atoms with Gasteiger partial charge in [-0.3, -0.25) is 14.4 Å². The molecule has 0 saturated carbocycles. The van der Waals surface area contributed by atoms with E-state index in [4.69, 9.17) is 21.2 Å². The fourth-order valence-electron chi connectivity index (χ4n) is 3.26. The number of ether oxygens (including phenoxy) is 1. The summed E-state index contributed by atoms with van der Waals surface area (Å²) in [4.78, 5) is 45.9. The van der Waals surface area contributed by atoms with E-state index < -0.39 is 23.5 Å². The molecule has 9 nitrogen and oxygen atoms in total. The second-order valence-electron chi connectivity index (χ2n) is 7.28. The molecule has 174 valence electrons. The Morgan fingerprint density at radius 1 is 1.15 bits per heavy atom. The summed E-state index contributed by atoms with van der Waals surface area (Å²) >= 11 is 5.99. The highest BCUT2D eigenvalue weighted by Crippen LogP contribution is 2.21. The number of fused-ring (bicyclic) bond motifs is 1. The number of aryl methyl sites for hydroxylation is 1. The minimum absolute atomic E-state index is 0.0404. The minimum Gasteiger partial charge on any atom is -0.477 e. The number of carbonyl (C=O) groups excluding carboxylic acids is 2. The average molecular weight is 474 g/mol. The van der Waals surface area contributed by atoms with Gasteiger partial charge in [-0.25, -0.2) is 9.86 Å². The first-order valence-electron chi connectivity index (χ1n) is 10.1. The zero-order valence-electron chi connectivity index (χ0n) is 18.1. The Balaban J connectivity index is 1.83. The molecule has 33 heavy (non-hydrogen) atoms. The second-order valence-corrected chi connectivity index (χ2v) is 7.71. The van der Waals surface area contributed by atoms with Crippen LogP contribution in [0, 0.1) is 0 Å². The van der Waals surface area contributed by atoms with E-state index in [-0.39, 0.29) is 12.3 Å². The summed E-state index contributed by atoms with van der Waals surface area (Å²) in [6.07, 6.45) is 1.02. The van der Waals surface area contributed by atoms with Crippen LogP contribution < -0.4 is 5.32 Å². The smallest absolute Gasteiger partial charge is 0.368 e. The van der Waals surface area contributed by atoms with E-state index in [0.717, 1.165) is 5.56 Å². The zero-order valence-corrected chi connectivity index (χ0v) is 18.9. The van der Waals surface area contributed by atoms with Crippen molar-refractivity contribution in [1.82, 2.24) is 15.4 Å². The molecule has 3 aromatic rings. The summed E-state index contributed by atoms with van der Waals surface area (Å²) in [7, 11) is 2.42. The number of carbonyl (C=O) groups is 3. The minimum atomic E-state index is -2.69. The van der Waals surface area contributed by atoms with Crippen LogP contribution in [0.1, 0.15) is 22.5 Å². The van der Waals surface area contributed by atoms with Crippen molar-refractivity contribution in [1.29, 1.82) is 0 Å². The standard InChI is InChI=1S/C23H24ClN3O6/c1-27(32-2)21(29)23(22(30)31,33-12-6-9-15-7-4-3-5-8-15)26-20(28)19-14-16-13-17(24)10-11-18(16)25-19/h3-5,7-8,10-11,13-14,25H,6,9,12H2,1-2H3,(H,26,28)(H,30,31)/t23-/m0/s1. The van der Waals surface area contributed by atoms with Crippen LogP contribution in [0.4, 0.5) is 0 Å². The maximum absolute atomic E-state index is 13.0. The molecule has 10 heteroatoms. The number of hydrogen-bond acceptors (Lipinski definition) is 5. The van der Waals surface area contributed by atoms with Crippen LogP contribution in [0.15, 0.2) is 54.6 Å². The number of benzene rings is 2. The third kappa shape index (κ3) is 5.51. The molecule has 0 fully saturated rings. The van der Waals surface area contributed by atoms with E-state index in [2.05, 4.69) is 10.3 Å². The topological polar surface area (TPSA) is 121 Å². The number of likely N-dealkylation sites (N-methyl/N-ethyl adjacent to an activating group) is 1. The van der Waals surface area contributed by atoms with Crippen molar-refractivity contribution in [2.75, 3.05) is 20.8 Å². The van der Waals surface area contributed by atoms with Crippen LogP contribution in [0.25, 0.3) is 10.9 Å². The lowest BCUT2D eigenvalue weighted by Crippen LogP contribution is -2.65. The molecule has 0 aliphatic rings. The number of carboxylic acids is 1. The molecule has 0 unspecified atom stereocenters. The van der Waals surface area contributed by atoms with E-state index in [9.17, 15) is 19.5 Å². The van der Waals surface area contributed by atoms with Gasteiger partial charge >= 0.3 is 17.6 Å². The Labute approximate surface area is 195 Å². The van der Waals surface area contributed by atoms with Gasteiger partial charge in [0.15, 0.2) is 0 Å². The second kappa shape index (κ2) is 10.5. The third-order valence-corrected chi connectivity index (χ3v) is 5.29. The number of hydrogen-bond donors (Lipinski definition) is 3. The highest BCUT2D eigenvalue weighted by atomic mass is 35.5. The average Bonchev–Trinajstić information content (AvgIpc) is 3.24. The van der Waals surface area contributed by atoms with Crippen LogP contribution in [-0.2, 0) is 25.6 Å². The Bertz CT molecular complexity index is 1150. The Hall–Kier alpha value is -3.40. The molecule has 2 aromatic carbocycles. The predicted molar refractivity (Wildman–Crippen MR) is 122 cm³/mol. The molecule has 0 bridgehead atoms. The molecule has 3 N–H and O–H groups in total. The number of aromatic nitrogens is 1. The van der Waals surface area contributed by atoms with Gasteiger partial charge in [-0.05, 0) is 42.7 Å². The molecule has 2 amide bonds. The molecule has 0 saturated heterocycles. The quantitative estimate of drug-likeness (QED) is 0.180. The van der Waals surface area contributed by atoms with E-state index in [0.29, 0.717) is 33.8 Å². The summed E-state index contributed by atoms with van der Waals surface area (Å²) < 4.78 is 5.55. The van der Waals surface area contributed by atoms with Crippen molar-refractivity contribution in [3.05, 3.63) is 70.9 Å². The summed E-state index contributed by atoms with van der Waals surface area (Å²) in [5, 5.41) is 14.0. The highest BCUT2D eigenvalue weighted by Gasteiger charge is 2.52. The van der Waals surface area contributed by atoms with Crippen LogP contribution >= 0.6 is 11.6 Å². The number of carboxylic acid groups (broad SMARTS) is 1. The fourth-order valence-corrected chi connectivity index (χ4v) is 3.44. The number of aliphatic carboxylic acids is 1. The van der Waals surface area contributed by atoms with Crippen LogP contribution in [0.2, 0.25) is 5.02 Å². The van der Waals surface area contributed by atoms with Gasteiger partial charge in [0.25, 0.3) is 5.91 Å². The first-order valence-corrected chi connectivity index (χ1v) is 10.5. The largest absolute Gasteiger partial charge is 0.477 e. The summed E-state index contributed by atoms with van der Waals surface area (Å²) in [6, 6.07) is 16.0. The Morgan fingerprint density at radius 3 is 2.55 bits per heavy atom. The maximum atomic E-state index is 13.0.